The molecule has 0 heterocycles. The third-order valence-electron chi connectivity index (χ3n) is 2.79. The van der Waals surface area contributed by atoms with Crippen LogP contribution in [-0.4, -0.2) is 28.8 Å². The third-order valence-corrected chi connectivity index (χ3v) is 2.79. The highest BCUT2D eigenvalue weighted by molar-refractivity contribution is 5.93. The number of imide groups is 1. The largest absolute Gasteiger partial charge is 0.328 e. The molecule has 1 aliphatic rings. The Balaban J connectivity index is 2.61. The fourth-order valence-electron chi connectivity index (χ4n) is 2.10. The summed E-state index contributed by atoms with van der Waals surface area (Å²) in [5.41, 5.74) is 5.76. The summed E-state index contributed by atoms with van der Waals surface area (Å²) in [6, 6.07) is 0.316. The average Bonchev–Trinajstić information content (AvgIpc) is 2.07. The minimum absolute atomic E-state index is 0.0739. The lowest BCUT2D eigenvalue weighted by atomic mass is 9.90. The number of nitrogens with zero attached hydrogens (tertiary/aromatic N) is 1. The normalized spacial score (nSPS) is 27.1. The molecular formula is C10H18N2O2. The van der Waals surface area contributed by atoms with Gasteiger partial charge < -0.3 is 5.73 Å². The van der Waals surface area contributed by atoms with E-state index in [0.717, 1.165) is 25.7 Å². The van der Waals surface area contributed by atoms with Crippen molar-refractivity contribution >= 4 is 11.8 Å². The van der Waals surface area contributed by atoms with E-state index in [4.69, 9.17) is 5.73 Å². The molecule has 1 aliphatic carbocycles. The maximum Gasteiger partial charge on any atom is 0.226 e. The van der Waals surface area contributed by atoms with Gasteiger partial charge in [0.2, 0.25) is 11.8 Å². The zero-order valence-corrected chi connectivity index (χ0v) is 8.82. The van der Waals surface area contributed by atoms with E-state index >= 15 is 0 Å². The van der Waals surface area contributed by atoms with E-state index in [1.54, 1.807) is 0 Å². The smallest absolute Gasteiger partial charge is 0.226 e. The number of carbonyl (C=O) groups is 2. The minimum Gasteiger partial charge on any atom is -0.328 e. The first-order valence-corrected chi connectivity index (χ1v) is 5.08. The van der Waals surface area contributed by atoms with Crippen LogP contribution in [0.15, 0.2) is 0 Å². The number of nitrogens with two attached hydrogens (primary N) is 1. The van der Waals surface area contributed by atoms with Crippen LogP contribution >= 0.6 is 0 Å². The lowest BCUT2D eigenvalue weighted by Gasteiger charge is -2.33. The third kappa shape index (κ3) is 2.54. The van der Waals surface area contributed by atoms with Crippen LogP contribution in [0, 0.1) is 0 Å². The van der Waals surface area contributed by atoms with Crippen molar-refractivity contribution in [3.05, 3.63) is 0 Å². The predicted octanol–water partition coefficient (Wildman–Crippen LogP) is 0.651. The SMILES string of the molecule is CC(=O)N(C(C)=O)C1CCC(N)CC1. The van der Waals surface area contributed by atoms with E-state index in [0.29, 0.717) is 0 Å². The molecule has 2 N–H and O–H groups in total. The summed E-state index contributed by atoms with van der Waals surface area (Å²) in [5.74, 6) is -0.309. The van der Waals surface area contributed by atoms with Gasteiger partial charge in [-0.25, -0.2) is 0 Å². The second-order valence-electron chi connectivity index (χ2n) is 3.98. The Morgan fingerprint density at radius 2 is 1.50 bits per heavy atom. The molecule has 4 nitrogen and oxygen atoms in total. The lowest BCUT2D eigenvalue weighted by Crippen LogP contribution is -2.45. The Morgan fingerprint density at radius 1 is 1.07 bits per heavy atom. The number of amides is 2. The molecule has 0 unspecified atom stereocenters. The molecule has 0 aliphatic heterocycles. The van der Waals surface area contributed by atoms with Gasteiger partial charge in [0.15, 0.2) is 0 Å². The van der Waals surface area contributed by atoms with Gasteiger partial charge in [0.05, 0.1) is 0 Å². The van der Waals surface area contributed by atoms with Crippen molar-refractivity contribution in [3.63, 3.8) is 0 Å². The number of hydrogen-bond donors (Lipinski definition) is 1. The Hall–Kier alpha value is -0.900. The maximum atomic E-state index is 11.2. The molecule has 0 spiro atoms. The van der Waals surface area contributed by atoms with Crippen LogP contribution in [0.5, 0.6) is 0 Å². The molecule has 0 aromatic heterocycles. The lowest BCUT2D eigenvalue weighted by molar-refractivity contribution is -0.145. The maximum absolute atomic E-state index is 11.2. The monoisotopic (exact) mass is 198 g/mol. The average molecular weight is 198 g/mol. The highest BCUT2D eigenvalue weighted by Gasteiger charge is 2.28. The summed E-state index contributed by atoms with van der Waals surface area (Å²) in [6.07, 6.45) is 3.50. The minimum atomic E-state index is -0.155. The van der Waals surface area contributed by atoms with Crippen LogP contribution in [0.1, 0.15) is 39.5 Å². The summed E-state index contributed by atoms with van der Waals surface area (Å²) in [6.45, 7) is 2.88. The van der Waals surface area contributed by atoms with Crippen LogP contribution in [0.2, 0.25) is 0 Å². The molecule has 1 rings (SSSR count). The standard InChI is InChI=1S/C10H18N2O2/c1-7(13)12(8(2)14)10-5-3-9(11)4-6-10/h9-10H,3-6,11H2,1-2H3. The van der Waals surface area contributed by atoms with Gasteiger partial charge in [0, 0.05) is 25.9 Å². The van der Waals surface area contributed by atoms with Crippen LogP contribution in [0.25, 0.3) is 0 Å². The summed E-state index contributed by atoms with van der Waals surface area (Å²) in [7, 11) is 0. The van der Waals surface area contributed by atoms with Crippen molar-refractivity contribution < 1.29 is 9.59 Å². The second kappa shape index (κ2) is 4.55. The quantitative estimate of drug-likeness (QED) is 0.673. The number of hydrogen-bond acceptors (Lipinski definition) is 3. The molecule has 0 radical (unpaired) electrons. The van der Waals surface area contributed by atoms with Gasteiger partial charge in [-0.15, -0.1) is 0 Å². The predicted molar refractivity (Wildman–Crippen MR) is 53.4 cm³/mol. The van der Waals surface area contributed by atoms with E-state index in [2.05, 4.69) is 0 Å². The number of carbonyl (C=O) groups excluding carboxylic acids is 2. The Morgan fingerprint density at radius 3 is 1.86 bits per heavy atom. The fourth-order valence-corrected chi connectivity index (χ4v) is 2.10. The first-order valence-electron chi connectivity index (χ1n) is 5.08. The Kier molecular flexibility index (Phi) is 3.63. The van der Waals surface area contributed by atoms with E-state index in [9.17, 15) is 9.59 Å². The fraction of sp³-hybridized carbons (Fsp3) is 0.800. The van der Waals surface area contributed by atoms with Gasteiger partial charge in [-0.05, 0) is 25.7 Å². The highest BCUT2D eigenvalue weighted by Crippen LogP contribution is 2.22. The van der Waals surface area contributed by atoms with E-state index in [-0.39, 0.29) is 23.9 Å². The van der Waals surface area contributed by atoms with Crippen molar-refractivity contribution in [3.8, 4) is 0 Å². The van der Waals surface area contributed by atoms with Gasteiger partial charge in [0.25, 0.3) is 0 Å². The molecule has 0 bridgehead atoms. The van der Waals surface area contributed by atoms with Gasteiger partial charge in [-0.2, -0.15) is 0 Å². The van der Waals surface area contributed by atoms with Crippen molar-refractivity contribution in [1.82, 2.24) is 4.90 Å². The van der Waals surface area contributed by atoms with Crippen LogP contribution in [0.3, 0.4) is 0 Å². The van der Waals surface area contributed by atoms with Gasteiger partial charge in [-0.1, -0.05) is 0 Å². The molecule has 80 valence electrons. The molecule has 2 amide bonds. The van der Waals surface area contributed by atoms with Crippen LogP contribution in [0.4, 0.5) is 0 Å². The van der Waals surface area contributed by atoms with Crippen molar-refractivity contribution in [2.75, 3.05) is 0 Å². The first-order chi connectivity index (χ1) is 6.52. The van der Waals surface area contributed by atoms with E-state index in [1.807, 2.05) is 0 Å². The molecule has 0 saturated heterocycles. The zero-order chi connectivity index (χ0) is 10.7. The van der Waals surface area contributed by atoms with Crippen molar-refractivity contribution in [1.29, 1.82) is 0 Å². The summed E-state index contributed by atoms with van der Waals surface area (Å²) >= 11 is 0. The molecular weight excluding hydrogens is 180 g/mol. The topological polar surface area (TPSA) is 63.4 Å². The van der Waals surface area contributed by atoms with Gasteiger partial charge in [-0.3, -0.25) is 14.5 Å². The summed E-state index contributed by atoms with van der Waals surface area (Å²) in [5, 5.41) is 0. The summed E-state index contributed by atoms with van der Waals surface area (Å²) in [4.78, 5) is 23.8. The second-order valence-corrected chi connectivity index (χ2v) is 3.98. The number of rotatable bonds is 1. The molecule has 1 fully saturated rings. The zero-order valence-electron chi connectivity index (χ0n) is 8.82. The molecule has 0 atom stereocenters. The molecule has 1 saturated carbocycles. The molecule has 4 heteroatoms. The molecule has 14 heavy (non-hydrogen) atoms. The first kappa shape index (κ1) is 11.2. The van der Waals surface area contributed by atoms with Gasteiger partial charge >= 0.3 is 0 Å². The van der Waals surface area contributed by atoms with Crippen LogP contribution < -0.4 is 5.73 Å². The highest BCUT2D eigenvalue weighted by atomic mass is 16.2. The van der Waals surface area contributed by atoms with Gasteiger partial charge in [0.1, 0.15) is 0 Å². The van der Waals surface area contributed by atoms with E-state index in [1.165, 1.54) is 18.7 Å². The van der Waals surface area contributed by atoms with Crippen molar-refractivity contribution in [2.24, 2.45) is 5.73 Å². The van der Waals surface area contributed by atoms with Crippen LogP contribution in [-0.2, 0) is 9.59 Å². The molecule has 0 aromatic carbocycles. The van der Waals surface area contributed by atoms with E-state index < -0.39 is 0 Å². The Bertz CT molecular complexity index is 218. The summed E-state index contributed by atoms with van der Waals surface area (Å²) < 4.78 is 0. The Labute approximate surface area is 84.4 Å². The van der Waals surface area contributed by atoms with Crippen molar-refractivity contribution in [2.45, 2.75) is 51.6 Å². The molecule has 0 aromatic rings.